The van der Waals surface area contributed by atoms with E-state index in [1.165, 1.54) is 250 Å². The van der Waals surface area contributed by atoms with E-state index in [2.05, 4.69) is 34.6 Å². The number of phosphoric acid groups is 2. The van der Waals surface area contributed by atoms with Crippen molar-refractivity contribution in [2.45, 2.75) is 445 Å². The van der Waals surface area contributed by atoms with Crippen molar-refractivity contribution >= 4 is 39.5 Å². The molecule has 0 aliphatic carbocycles. The molecule has 99 heavy (non-hydrogen) atoms. The molecule has 0 heterocycles. The maximum atomic E-state index is 13.1. The van der Waals surface area contributed by atoms with Crippen molar-refractivity contribution in [2.75, 3.05) is 39.6 Å². The summed E-state index contributed by atoms with van der Waals surface area (Å²) in [6, 6.07) is 0. The van der Waals surface area contributed by atoms with Crippen LogP contribution in [-0.4, -0.2) is 96.7 Å². The number of aliphatic hydroxyl groups is 1. The van der Waals surface area contributed by atoms with Gasteiger partial charge in [-0.3, -0.25) is 37.3 Å². The molecule has 3 N–H and O–H groups in total. The summed E-state index contributed by atoms with van der Waals surface area (Å²) in [5.74, 6) is -1.31. The Balaban J connectivity index is 5.26. The van der Waals surface area contributed by atoms with Crippen molar-refractivity contribution in [3.63, 3.8) is 0 Å². The van der Waals surface area contributed by atoms with E-state index in [-0.39, 0.29) is 25.7 Å². The van der Waals surface area contributed by atoms with E-state index < -0.39 is 97.5 Å². The van der Waals surface area contributed by atoms with Crippen LogP contribution in [0.1, 0.15) is 426 Å². The minimum atomic E-state index is -4.96. The number of carbonyl (C=O) groups excluding carboxylic acids is 4. The first kappa shape index (κ1) is 97.1. The second kappa shape index (κ2) is 73.0. The molecule has 0 aliphatic rings. The second-order valence-corrected chi connectivity index (χ2v) is 32.2. The van der Waals surface area contributed by atoms with Gasteiger partial charge in [-0.2, -0.15) is 0 Å². The summed E-state index contributed by atoms with van der Waals surface area (Å²) in [7, 11) is -9.92. The van der Waals surface area contributed by atoms with Crippen molar-refractivity contribution in [3.05, 3.63) is 0 Å². The molecule has 0 amide bonds. The summed E-state index contributed by atoms with van der Waals surface area (Å²) >= 11 is 0. The van der Waals surface area contributed by atoms with Crippen LogP contribution in [0.5, 0.6) is 0 Å². The standard InChI is InChI=1S/C80H156O17P2/c1-6-9-12-15-18-21-24-27-28-29-35-39-44-49-54-59-64-78(83)91-70-76(97-80(85)66-61-56-51-46-41-36-31-30-34-37-42-47-52-57-62-73(4)5)72-95-99(88,89)93-68-74(81)67-92-98(86,87)94-71-75(96-79(84)65-60-55-50-45-40-33-26-23-20-17-14-11-8-3)69-90-77(82)63-58-53-48-43-38-32-25-22-19-16-13-10-7-2/h73-76,81H,6-72H2,1-5H3,(H,86,87)(H,88,89)/t74-,75+,76+/m0/s1. The largest absolute Gasteiger partial charge is 0.472 e. The molecule has 0 saturated heterocycles. The van der Waals surface area contributed by atoms with Gasteiger partial charge >= 0.3 is 39.5 Å². The summed E-state index contributed by atoms with van der Waals surface area (Å²) in [6.07, 6.45) is 63.6. The lowest BCUT2D eigenvalue weighted by Crippen LogP contribution is -2.30. The molecular formula is C80H156O17P2. The third-order valence-electron chi connectivity index (χ3n) is 18.8. The Morgan fingerprint density at radius 1 is 0.273 bits per heavy atom. The second-order valence-electron chi connectivity index (χ2n) is 29.3. The maximum Gasteiger partial charge on any atom is 0.472 e. The predicted molar refractivity (Wildman–Crippen MR) is 405 cm³/mol. The van der Waals surface area contributed by atoms with E-state index in [0.717, 1.165) is 95.8 Å². The Kier molecular flexibility index (Phi) is 71.6. The van der Waals surface area contributed by atoms with E-state index in [9.17, 15) is 43.2 Å². The van der Waals surface area contributed by atoms with Gasteiger partial charge in [-0.05, 0) is 31.6 Å². The molecule has 2 unspecified atom stereocenters. The Morgan fingerprint density at radius 3 is 0.687 bits per heavy atom. The minimum Gasteiger partial charge on any atom is -0.462 e. The first-order chi connectivity index (χ1) is 48.0. The van der Waals surface area contributed by atoms with E-state index in [4.69, 9.17) is 37.0 Å². The molecule has 0 bridgehead atoms. The van der Waals surface area contributed by atoms with Crippen LogP contribution in [0.15, 0.2) is 0 Å². The van der Waals surface area contributed by atoms with Crippen LogP contribution in [0, 0.1) is 5.92 Å². The van der Waals surface area contributed by atoms with E-state index in [1.807, 2.05) is 0 Å². The maximum absolute atomic E-state index is 13.1. The molecule has 17 nitrogen and oxygen atoms in total. The van der Waals surface area contributed by atoms with Gasteiger partial charge < -0.3 is 33.8 Å². The first-order valence-corrected chi connectivity index (χ1v) is 44.6. The Morgan fingerprint density at radius 2 is 0.465 bits per heavy atom. The number of esters is 4. The third kappa shape index (κ3) is 74.1. The van der Waals surface area contributed by atoms with Gasteiger partial charge in [-0.25, -0.2) is 9.13 Å². The van der Waals surface area contributed by atoms with Crippen LogP contribution in [0.25, 0.3) is 0 Å². The van der Waals surface area contributed by atoms with Gasteiger partial charge in [0.05, 0.1) is 26.4 Å². The lowest BCUT2D eigenvalue weighted by molar-refractivity contribution is -0.161. The summed E-state index contributed by atoms with van der Waals surface area (Å²) in [5, 5.41) is 10.6. The average Bonchev–Trinajstić information content (AvgIpc) is 1.10. The number of unbranched alkanes of at least 4 members (excludes halogenated alkanes) is 52. The molecule has 0 aliphatic heterocycles. The lowest BCUT2D eigenvalue weighted by atomic mass is 10.0. The van der Waals surface area contributed by atoms with Gasteiger partial charge in [-0.1, -0.05) is 375 Å². The molecular weight excluding hydrogens is 1290 g/mol. The summed E-state index contributed by atoms with van der Waals surface area (Å²) in [6.45, 7) is 7.36. The smallest absolute Gasteiger partial charge is 0.462 e. The van der Waals surface area contributed by atoms with Crippen molar-refractivity contribution in [1.82, 2.24) is 0 Å². The zero-order valence-electron chi connectivity index (χ0n) is 64.6. The highest BCUT2D eigenvalue weighted by molar-refractivity contribution is 7.47. The van der Waals surface area contributed by atoms with Crippen LogP contribution >= 0.6 is 15.6 Å². The van der Waals surface area contributed by atoms with Crippen LogP contribution in [-0.2, 0) is 65.4 Å². The number of hydrogen-bond acceptors (Lipinski definition) is 15. The Bertz CT molecular complexity index is 1890. The van der Waals surface area contributed by atoms with Gasteiger partial charge in [-0.15, -0.1) is 0 Å². The van der Waals surface area contributed by atoms with E-state index >= 15 is 0 Å². The number of carbonyl (C=O) groups is 4. The zero-order valence-corrected chi connectivity index (χ0v) is 66.4. The summed E-state index contributed by atoms with van der Waals surface area (Å²) < 4.78 is 68.7. The molecule has 0 saturated carbocycles. The predicted octanol–water partition coefficient (Wildman–Crippen LogP) is 24.0. The molecule has 0 aromatic heterocycles. The first-order valence-electron chi connectivity index (χ1n) is 41.6. The SMILES string of the molecule is CCCCCCCCCCCCCCCCCCC(=O)OC[C@H](COP(=O)(O)OC[C@@H](O)COP(=O)(O)OC[C@@H](COC(=O)CCCCCCCCCCCCCCC)OC(=O)CCCCCCCCCCCCCCC)OC(=O)CCCCCCCCCCCCCCCCC(C)C. The fraction of sp³-hybridized carbons (Fsp3) is 0.950. The lowest BCUT2D eigenvalue weighted by Gasteiger charge is -2.21. The summed E-state index contributed by atoms with van der Waals surface area (Å²) in [5.41, 5.74) is 0. The fourth-order valence-electron chi connectivity index (χ4n) is 12.4. The number of ether oxygens (including phenoxy) is 4. The van der Waals surface area contributed by atoms with E-state index in [0.29, 0.717) is 25.7 Å². The molecule has 19 heteroatoms. The van der Waals surface area contributed by atoms with Crippen LogP contribution in [0.4, 0.5) is 0 Å². The third-order valence-corrected chi connectivity index (χ3v) is 20.7. The van der Waals surface area contributed by atoms with Crippen molar-refractivity contribution < 1.29 is 80.2 Å². The van der Waals surface area contributed by atoms with E-state index in [1.54, 1.807) is 0 Å². The fourth-order valence-corrected chi connectivity index (χ4v) is 14.0. The van der Waals surface area contributed by atoms with Gasteiger partial charge in [0.25, 0.3) is 0 Å². The average molecular weight is 1450 g/mol. The van der Waals surface area contributed by atoms with Crippen LogP contribution in [0.2, 0.25) is 0 Å². The van der Waals surface area contributed by atoms with Crippen molar-refractivity contribution in [2.24, 2.45) is 5.92 Å². The Labute approximate surface area is 607 Å². The molecule has 0 aromatic rings. The van der Waals surface area contributed by atoms with Gasteiger partial charge in [0.15, 0.2) is 12.2 Å². The molecule has 588 valence electrons. The molecule has 0 radical (unpaired) electrons. The highest BCUT2D eigenvalue weighted by Crippen LogP contribution is 2.45. The summed E-state index contributed by atoms with van der Waals surface area (Å²) in [4.78, 5) is 73.0. The molecule has 0 spiro atoms. The van der Waals surface area contributed by atoms with Crippen LogP contribution < -0.4 is 0 Å². The number of aliphatic hydroxyl groups excluding tert-OH is 1. The topological polar surface area (TPSA) is 237 Å². The van der Waals surface area contributed by atoms with Crippen molar-refractivity contribution in [1.29, 1.82) is 0 Å². The number of phosphoric ester groups is 2. The monoisotopic (exact) mass is 1450 g/mol. The number of hydrogen-bond donors (Lipinski definition) is 3. The molecule has 0 rings (SSSR count). The quantitative estimate of drug-likeness (QED) is 0.0222. The number of rotatable bonds is 80. The van der Waals surface area contributed by atoms with Gasteiger partial charge in [0, 0.05) is 25.7 Å². The zero-order chi connectivity index (χ0) is 72.7. The van der Waals surface area contributed by atoms with Gasteiger partial charge in [0.2, 0.25) is 0 Å². The normalized spacial score (nSPS) is 13.9. The van der Waals surface area contributed by atoms with Crippen molar-refractivity contribution in [3.8, 4) is 0 Å². The van der Waals surface area contributed by atoms with Gasteiger partial charge in [0.1, 0.15) is 19.3 Å². The molecule has 0 fully saturated rings. The highest BCUT2D eigenvalue weighted by atomic mass is 31.2. The molecule has 0 aromatic carbocycles. The minimum absolute atomic E-state index is 0.108. The Hall–Kier alpha value is -1.94. The van der Waals surface area contributed by atoms with Crippen LogP contribution in [0.3, 0.4) is 0 Å². The highest BCUT2D eigenvalue weighted by Gasteiger charge is 2.30. The molecule has 5 atom stereocenters.